The molecule has 0 spiro atoms. The zero-order valence-electron chi connectivity index (χ0n) is 33.9. The second-order valence-electron chi connectivity index (χ2n) is 15.6. The van der Waals surface area contributed by atoms with Gasteiger partial charge in [-0.15, -0.1) is 0 Å². The maximum absolute atomic E-state index is 3.62. The summed E-state index contributed by atoms with van der Waals surface area (Å²) in [6, 6.07) is 76.1. The Balaban J connectivity index is 0.786. The minimum atomic E-state index is 0.242. The standard InChI is InChI=1S/C57H46N4/c1-3-17-50(18-4-1)60(56-23-11-15-44-13-7-9-21-54(44)56)52-37-33-48(34-38-52)58-46-29-25-42(26-30-46)41-43-27-31-47(32-28-43)59-49-35-39-53(40-36-49)61(51-19-5-2-6-20-51)57-24-12-16-45-14-8-10-22-55(45)57/h1-19,21-40,51,58-59H,20,41H2. The van der Waals surface area contributed by atoms with E-state index in [2.05, 4.69) is 257 Å². The third kappa shape index (κ3) is 8.25. The minimum absolute atomic E-state index is 0.242. The average Bonchev–Trinajstić information content (AvgIpc) is 3.32. The van der Waals surface area contributed by atoms with E-state index < -0.39 is 0 Å². The fourth-order valence-corrected chi connectivity index (χ4v) is 8.47. The van der Waals surface area contributed by atoms with Crippen molar-refractivity contribution in [2.45, 2.75) is 18.9 Å². The molecule has 61 heavy (non-hydrogen) atoms. The minimum Gasteiger partial charge on any atom is -0.356 e. The topological polar surface area (TPSA) is 30.5 Å². The van der Waals surface area contributed by atoms with Gasteiger partial charge in [0.25, 0.3) is 0 Å². The molecule has 0 aliphatic heterocycles. The van der Waals surface area contributed by atoms with Gasteiger partial charge < -0.3 is 20.4 Å². The van der Waals surface area contributed by atoms with E-state index in [1.165, 1.54) is 44.0 Å². The van der Waals surface area contributed by atoms with Crippen molar-refractivity contribution < 1.29 is 0 Å². The van der Waals surface area contributed by atoms with Crippen LogP contribution in [0.2, 0.25) is 0 Å². The lowest BCUT2D eigenvalue weighted by Gasteiger charge is -2.33. The van der Waals surface area contributed by atoms with Gasteiger partial charge in [-0.1, -0.05) is 140 Å². The van der Waals surface area contributed by atoms with Gasteiger partial charge in [0, 0.05) is 56.3 Å². The SMILES string of the molecule is C1=CCC(N(c2ccc(Nc3ccc(Cc4ccc(Nc5ccc(N(c6ccccc6)c6cccc7ccccc67)cc5)cc4)cc3)cc2)c2cccc3ccccc23)C=C1. The van der Waals surface area contributed by atoms with Gasteiger partial charge in [0.05, 0.1) is 11.7 Å². The quantitative estimate of drug-likeness (QED) is 0.129. The number of benzene rings is 9. The van der Waals surface area contributed by atoms with E-state index in [1.807, 2.05) is 0 Å². The van der Waals surface area contributed by atoms with Crippen molar-refractivity contribution in [1.29, 1.82) is 0 Å². The molecule has 0 bridgehead atoms. The van der Waals surface area contributed by atoms with Gasteiger partial charge in [-0.2, -0.15) is 0 Å². The van der Waals surface area contributed by atoms with Crippen LogP contribution in [0.25, 0.3) is 21.5 Å². The summed E-state index contributed by atoms with van der Waals surface area (Å²) in [5.74, 6) is 0. The second kappa shape index (κ2) is 17.2. The number of hydrogen-bond donors (Lipinski definition) is 2. The van der Waals surface area contributed by atoms with Crippen molar-refractivity contribution in [2.75, 3.05) is 20.4 Å². The number of allylic oxidation sites excluding steroid dienone is 2. The first-order valence-corrected chi connectivity index (χ1v) is 21.1. The van der Waals surface area contributed by atoms with E-state index in [-0.39, 0.29) is 6.04 Å². The van der Waals surface area contributed by atoms with Gasteiger partial charge in [-0.3, -0.25) is 0 Å². The van der Waals surface area contributed by atoms with E-state index in [9.17, 15) is 0 Å². The second-order valence-corrected chi connectivity index (χ2v) is 15.6. The van der Waals surface area contributed by atoms with Gasteiger partial charge in [0.15, 0.2) is 0 Å². The molecule has 294 valence electrons. The van der Waals surface area contributed by atoms with Crippen LogP contribution in [-0.2, 0) is 6.42 Å². The summed E-state index contributed by atoms with van der Waals surface area (Å²) in [5.41, 5.74) is 12.5. The summed E-state index contributed by atoms with van der Waals surface area (Å²) in [7, 11) is 0. The van der Waals surface area contributed by atoms with Crippen LogP contribution < -0.4 is 20.4 Å². The molecule has 2 N–H and O–H groups in total. The van der Waals surface area contributed by atoms with Crippen molar-refractivity contribution in [3.05, 3.63) is 248 Å². The van der Waals surface area contributed by atoms with E-state index >= 15 is 0 Å². The normalized spacial score (nSPS) is 13.3. The number of hydrogen-bond acceptors (Lipinski definition) is 4. The van der Waals surface area contributed by atoms with Gasteiger partial charge in [0.2, 0.25) is 0 Å². The first kappa shape index (κ1) is 37.5. The summed E-state index contributed by atoms with van der Waals surface area (Å²) in [4.78, 5) is 4.80. The number of para-hydroxylation sites is 1. The van der Waals surface area contributed by atoms with Crippen molar-refractivity contribution in [1.82, 2.24) is 0 Å². The lowest BCUT2D eigenvalue weighted by Crippen LogP contribution is -2.29. The summed E-state index contributed by atoms with van der Waals surface area (Å²) < 4.78 is 0. The van der Waals surface area contributed by atoms with E-state index in [4.69, 9.17) is 0 Å². The van der Waals surface area contributed by atoms with Crippen LogP contribution in [0.4, 0.5) is 51.2 Å². The van der Waals surface area contributed by atoms with Gasteiger partial charge in [-0.25, -0.2) is 0 Å². The molecule has 10 rings (SSSR count). The Hall–Kier alpha value is -7.82. The molecule has 9 aromatic rings. The molecule has 1 aliphatic carbocycles. The Morgan fingerprint density at radius 2 is 0.852 bits per heavy atom. The molecular formula is C57H46N4. The Labute approximate surface area is 358 Å². The summed E-state index contributed by atoms with van der Waals surface area (Å²) >= 11 is 0. The molecule has 4 heteroatoms. The summed E-state index contributed by atoms with van der Waals surface area (Å²) in [6.07, 6.45) is 10.7. The van der Waals surface area contributed by atoms with Crippen LogP contribution in [0.5, 0.6) is 0 Å². The maximum atomic E-state index is 3.62. The molecule has 0 aromatic heterocycles. The highest BCUT2D eigenvalue weighted by Gasteiger charge is 2.21. The van der Waals surface area contributed by atoms with E-state index in [1.54, 1.807) is 0 Å². The molecule has 0 saturated heterocycles. The lowest BCUT2D eigenvalue weighted by atomic mass is 10.0. The lowest BCUT2D eigenvalue weighted by molar-refractivity contribution is 0.787. The fraction of sp³-hybridized carbons (Fsp3) is 0.0526. The monoisotopic (exact) mass is 786 g/mol. The van der Waals surface area contributed by atoms with Crippen LogP contribution >= 0.6 is 0 Å². The number of nitrogens with zero attached hydrogens (tertiary/aromatic N) is 2. The molecule has 0 radical (unpaired) electrons. The maximum Gasteiger partial charge on any atom is 0.0560 e. The van der Waals surface area contributed by atoms with Crippen molar-refractivity contribution in [2.24, 2.45) is 0 Å². The van der Waals surface area contributed by atoms with Crippen LogP contribution in [0.15, 0.2) is 237 Å². The number of anilines is 9. The van der Waals surface area contributed by atoms with Crippen LogP contribution in [0, 0.1) is 0 Å². The molecule has 0 saturated carbocycles. The molecule has 1 atom stereocenters. The number of fused-ring (bicyclic) bond motifs is 2. The van der Waals surface area contributed by atoms with Crippen molar-refractivity contribution >= 4 is 72.7 Å². The highest BCUT2D eigenvalue weighted by atomic mass is 15.2. The van der Waals surface area contributed by atoms with E-state index in [0.717, 1.165) is 52.7 Å². The number of nitrogens with one attached hydrogen (secondary N) is 2. The molecular weight excluding hydrogens is 741 g/mol. The van der Waals surface area contributed by atoms with Crippen LogP contribution in [-0.4, -0.2) is 6.04 Å². The predicted octanol–water partition coefficient (Wildman–Crippen LogP) is 15.6. The Morgan fingerprint density at radius 1 is 0.393 bits per heavy atom. The van der Waals surface area contributed by atoms with Crippen molar-refractivity contribution in [3.8, 4) is 0 Å². The highest BCUT2D eigenvalue weighted by molar-refractivity contribution is 5.99. The third-order valence-electron chi connectivity index (χ3n) is 11.5. The van der Waals surface area contributed by atoms with E-state index in [0.29, 0.717) is 0 Å². The zero-order chi connectivity index (χ0) is 40.8. The number of rotatable bonds is 12. The van der Waals surface area contributed by atoms with Crippen LogP contribution in [0.3, 0.4) is 0 Å². The smallest absolute Gasteiger partial charge is 0.0560 e. The molecule has 0 amide bonds. The summed E-state index contributed by atoms with van der Waals surface area (Å²) in [5, 5.41) is 12.2. The molecule has 9 aromatic carbocycles. The first-order valence-electron chi connectivity index (χ1n) is 21.1. The molecule has 4 nitrogen and oxygen atoms in total. The Kier molecular flexibility index (Phi) is 10.6. The van der Waals surface area contributed by atoms with Gasteiger partial charge in [0.1, 0.15) is 0 Å². The molecule has 1 aliphatic rings. The largest absolute Gasteiger partial charge is 0.356 e. The predicted molar refractivity (Wildman–Crippen MR) is 260 cm³/mol. The molecule has 0 heterocycles. The Morgan fingerprint density at radius 3 is 1.41 bits per heavy atom. The van der Waals surface area contributed by atoms with Crippen molar-refractivity contribution in [3.63, 3.8) is 0 Å². The molecule has 0 fully saturated rings. The highest BCUT2D eigenvalue weighted by Crippen LogP contribution is 2.40. The third-order valence-corrected chi connectivity index (χ3v) is 11.5. The average molecular weight is 787 g/mol. The zero-order valence-corrected chi connectivity index (χ0v) is 33.9. The fourth-order valence-electron chi connectivity index (χ4n) is 8.47. The van der Waals surface area contributed by atoms with Gasteiger partial charge >= 0.3 is 0 Å². The van der Waals surface area contributed by atoms with Gasteiger partial charge in [-0.05, 0) is 132 Å². The first-order chi connectivity index (χ1) is 30.2. The molecule has 1 unspecified atom stereocenters. The summed E-state index contributed by atoms with van der Waals surface area (Å²) in [6.45, 7) is 0. The van der Waals surface area contributed by atoms with Crippen LogP contribution in [0.1, 0.15) is 17.5 Å². The Bertz CT molecular complexity index is 2940.